The van der Waals surface area contributed by atoms with E-state index in [1.807, 2.05) is 24.3 Å². The summed E-state index contributed by atoms with van der Waals surface area (Å²) >= 11 is 0. The Balaban J connectivity index is 1.52. The quantitative estimate of drug-likeness (QED) is 0.729. The fourth-order valence-electron chi connectivity index (χ4n) is 2.98. The lowest BCUT2D eigenvalue weighted by Gasteiger charge is -2.15. The minimum atomic E-state index is -0.101. The Morgan fingerprint density at radius 1 is 1.39 bits per heavy atom. The van der Waals surface area contributed by atoms with Crippen molar-refractivity contribution in [2.24, 2.45) is 0 Å². The van der Waals surface area contributed by atoms with E-state index < -0.39 is 0 Å². The Morgan fingerprint density at radius 2 is 2.26 bits per heavy atom. The van der Waals surface area contributed by atoms with E-state index in [2.05, 4.69) is 11.2 Å². The van der Waals surface area contributed by atoms with Crippen LogP contribution in [0.2, 0.25) is 0 Å². The number of carbonyl (C=O) groups is 1. The summed E-state index contributed by atoms with van der Waals surface area (Å²) in [5.74, 6) is 0.265. The van der Waals surface area contributed by atoms with Crippen molar-refractivity contribution in [1.82, 2.24) is 14.7 Å². The SMILES string of the molecule is N#Cc1cnn(C2CCN(C(=O)c3cc4ccccc4o3)C2)c1. The van der Waals surface area contributed by atoms with Crippen molar-refractivity contribution in [1.29, 1.82) is 5.26 Å². The summed E-state index contributed by atoms with van der Waals surface area (Å²) in [5.41, 5.74) is 1.25. The summed E-state index contributed by atoms with van der Waals surface area (Å²) in [7, 11) is 0. The molecule has 1 atom stereocenters. The van der Waals surface area contributed by atoms with Gasteiger partial charge in [0.15, 0.2) is 5.76 Å². The summed E-state index contributed by atoms with van der Waals surface area (Å²) in [6.45, 7) is 1.23. The summed E-state index contributed by atoms with van der Waals surface area (Å²) in [6, 6.07) is 11.5. The first-order chi connectivity index (χ1) is 11.2. The van der Waals surface area contributed by atoms with Crippen molar-refractivity contribution < 1.29 is 9.21 Å². The third kappa shape index (κ3) is 2.36. The fourth-order valence-corrected chi connectivity index (χ4v) is 2.98. The average molecular weight is 306 g/mol. The molecule has 0 aliphatic carbocycles. The number of hydrogen-bond donors (Lipinski definition) is 0. The van der Waals surface area contributed by atoms with Crippen molar-refractivity contribution in [3.05, 3.63) is 54.0 Å². The van der Waals surface area contributed by atoms with E-state index in [4.69, 9.17) is 9.68 Å². The monoisotopic (exact) mass is 306 g/mol. The third-order valence-electron chi connectivity index (χ3n) is 4.19. The minimum absolute atomic E-state index is 0.101. The summed E-state index contributed by atoms with van der Waals surface area (Å²) < 4.78 is 7.42. The van der Waals surface area contributed by atoms with Crippen LogP contribution in [0.3, 0.4) is 0 Å². The number of fused-ring (bicyclic) bond motifs is 1. The second kappa shape index (κ2) is 5.29. The lowest BCUT2D eigenvalue weighted by Crippen LogP contribution is -2.28. The lowest BCUT2D eigenvalue weighted by molar-refractivity contribution is 0.0758. The van der Waals surface area contributed by atoms with Gasteiger partial charge in [0.1, 0.15) is 11.7 Å². The molecule has 3 aromatic rings. The Hall–Kier alpha value is -3.07. The number of furan rings is 1. The van der Waals surface area contributed by atoms with Crippen LogP contribution in [0.5, 0.6) is 0 Å². The van der Waals surface area contributed by atoms with Gasteiger partial charge in [-0.3, -0.25) is 9.48 Å². The molecule has 3 heterocycles. The van der Waals surface area contributed by atoms with E-state index in [0.717, 1.165) is 17.4 Å². The number of nitriles is 1. The molecule has 0 radical (unpaired) electrons. The predicted molar refractivity (Wildman–Crippen MR) is 82.7 cm³/mol. The molecule has 1 fully saturated rings. The highest BCUT2D eigenvalue weighted by Crippen LogP contribution is 2.25. The zero-order valence-electron chi connectivity index (χ0n) is 12.3. The Kier molecular flexibility index (Phi) is 3.12. The van der Waals surface area contributed by atoms with Crippen molar-refractivity contribution in [3.63, 3.8) is 0 Å². The van der Waals surface area contributed by atoms with Crippen LogP contribution in [0.1, 0.15) is 28.6 Å². The van der Waals surface area contributed by atoms with Gasteiger partial charge in [-0.05, 0) is 18.6 Å². The molecule has 1 unspecified atom stereocenters. The van der Waals surface area contributed by atoms with Crippen LogP contribution in [-0.4, -0.2) is 33.7 Å². The van der Waals surface area contributed by atoms with Gasteiger partial charge in [0.05, 0.1) is 17.8 Å². The molecular weight excluding hydrogens is 292 g/mol. The molecule has 6 heteroatoms. The smallest absolute Gasteiger partial charge is 0.289 e. The number of amides is 1. The van der Waals surface area contributed by atoms with E-state index in [9.17, 15) is 4.79 Å². The Bertz CT molecular complexity index is 885. The zero-order chi connectivity index (χ0) is 15.8. The Morgan fingerprint density at radius 3 is 3.04 bits per heavy atom. The molecule has 23 heavy (non-hydrogen) atoms. The maximum atomic E-state index is 12.6. The van der Waals surface area contributed by atoms with Crippen LogP contribution in [0.25, 0.3) is 11.0 Å². The number of likely N-dealkylation sites (tertiary alicyclic amines) is 1. The zero-order valence-corrected chi connectivity index (χ0v) is 12.3. The highest BCUT2D eigenvalue weighted by molar-refractivity contribution is 5.96. The Labute approximate surface area is 132 Å². The van der Waals surface area contributed by atoms with Gasteiger partial charge in [-0.1, -0.05) is 18.2 Å². The molecule has 2 aromatic heterocycles. The largest absolute Gasteiger partial charge is 0.451 e. The lowest BCUT2D eigenvalue weighted by atomic mass is 10.2. The second-order valence-electron chi connectivity index (χ2n) is 5.66. The van der Waals surface area contributed by atoms with E-state index >= 15 is 0 Å². The predicted octanol–water partition coefficient (Wildman–Crippen LogP) is 2.59. The summed E-state index contributed by atoms with van der Waals surface area (Å²) in [4.78, 5) is 14.4. The molecule has 1 aromatic carbocycles. The second-order valence-corrected chi connectivity index (χ2v) is 5.66. The summed E-state index contributed by atoms with van der Waals surface area (Å²) in [6.07, 6.45) is 4.09. The highest BCUT2D eigenvalue weighted by Gasteiger charge is 2.30. The van der Waals surface area contributed by atoms with Gasteiger partial charge in [0.25, 0.3) is 5.91 Å². The number of hydrogen-bond acceptors (Lipinski definition) is 4. The molecule has 1 aliphatic heterocycles. The number of para-hydroxylation sites is 1. The van der Waals surface area contributed by atoms with Crippen molar-refractivity contribution >= 4 is 16.9 Å². The van der Waals surface area contributed by atoms with Crippen LogP contribution in [-0.2, 0) is 0 Å². The topological polar surface area (TPSA) is 75.1 Å². The van der Waals surface area contributed by atoms with Crippen LogP contribution in [0.4, 0.5) is 0 Å². The van der Waals surface area contributed by atoms with Crippen LogP contribution >= 0.6 is 0 Å². The normalized spacial score (nSPS) is 17.5. The maximum absolute atomic E-state index is 12.6. The number of carbonyl (C=O) groups excluding carboxylic acids is 1. The van der Waals surface area contributed by atoms with Crippen molar-refractivity contribution in [2.75, 3.05) is 13.1 Å². The molecule has 114 valence electrons. The highest BCUT2D eigenvalue weighted by atomic mass is 16.3. The number of aromatic nitrogens is 2. The molecule has 0 spiro atoms. The van der Waals surface area contributed by atoms with E-state index in [-0.39, 0.29) is 11.9 Å². The van der Waals surface area contributed by atoms with Gasteiger partial charge in [0.2, 0.25) is 0 Å². The van der Waals surface area contributed by atoms with Gasteiger partial charge in [-0.15, -0.1) is 0 Å². The minimum Gasteiger partial charge on any atom is -0.451 e. The molecule has 0 bridgehead atoms. The number of rotatable bonds is 2. The number of nitrogens with zero attached hydrogens (tertiary/aromatic N) is 4. The maximum Gasteiger partial charge on any atom is 0.289 e. The van der Waals surface area contributed by atoms with Gasteiger partial charge in [-0.2, -0.15) is 10.4 Å². The first kappa shape index (κ1) is 13.6. The summed E-state index contributed by atoms with van der Waals surface area (Å²) in [5, 5.41) is 14.0. The first-order valence-corrected chi connectivity index (χ1v) is 7.47. The molecule has 0 saturated carbocycles. The van der Waals surface area contributed by atoms with E-state index in [1.54, 1.807) is 28.0 Å². The van der Waals surface area contributed by atoms with Gasteiger partial charge < -0.3 is 9.32 Å². The molecular formula is C17H14N4O2. The average Bonchev–Trinajstić information content (AvgIpc) is 3.30. The van der Waals surface area contributed by atoms with Crippen molar-refractivity contribution in [2.45, 2.75) is 12.5 Å². The molecule has 1 aliphatic rings. The molecule has 1 saturated heterocycles. The van der Waals surface area contributed by atoms with Gasteiger partial charge in [0, 0.05) is 24.7 Å². The molecule has 0 N–H and O–H groups in total. The van der Waals surface area contributed by atoms with E-state index in [1.165, 1.54) is 0 Å². The van der Waals surface area contributed by atoms with Gasteiger partial charge in [-0.25, -0.2) is 0 Å². The first-order valence-electron chi connectivity index (χ1n) is 7.47. The standard InChI is InChI=1S/C17H14N4O2/c18-8-12-9-19-21(10-12)14-5-6-20(11-14)17(22)16-7-13-3-1-2-4-15(13)23-16/h1-4,7,9-10,14H,5-6,11H2. The van der Waals surface area contributed by atoms with Crippen LogP contribution in [0, 0.1) is 11.3 Å². The third-order valence-corrected chi connectivity index (χ3v) is 4.19. The molecule has 4 rings (SSSR count). The molecule has 6 nitrogen and oxygen atoms in total. The van der Waals surface area contributed by atoms with Crippen LogP contribution in [0.15, 0.2) is 47.1 Å². The fraction of sp³-hybridized carbons (Fsp3) is 0.235. The number of benzene rings is 1. The van der Waals surface area contributed by atoms with E-state index in [0.29, 0.717) is 24.4 Å². The van der Waals surface area contributed by atoms with Crippen LogP contribution < -0.4 is 0 Å². The van der Waals surface area contributed by atoms with Gasteiger partial charge >= 0.3 is 0 Å². The molecule has 1 amide bonds. The van der Waals surface area contributed by atoms with Crippen molar-refractivity contribution in [3.8, 4) is 6.07 Å².